The summed E-state index contributed by atoms with van der Waals surface area (Å²) in [5, 5.41) is 20.1. The second kappa shape index (κ2) is 6.54. The summed E-state index contributed by atoms with van der Waals surface area (Å²) < 4.78 is 31.8. The molecule has 3 heterocycles. The number of pyridine rings is 2. The summed E-state index contributed by atoms with van der Waals surface area (Å²) >= 11 is 0. The van der Waals surface area contributed by atoms with Gasteiger partial charge < -0.3 is 24.3 Å². The molecule has 0 saturated heterocycles. The summed E-state index contributed by atoms with van der Waals surface area (Å²) in [5.74, 6) is -2.66. The minimum atomic E-state index is -3.04. The molecule has 1 aliphatic rings. The number of nitrogens with zero attached hydrogens (tertiary/aromatic N) is 2. The number of aromatic carboxylic acids is 1. The van der Waals surface area contributed by atoms with Gasteiger partial charge in [-0.05, 0) is 24.0 Å². The molecule has 0 aromatic carbocycles. The Balaban J connectivity index is 2.08. The molecule has 3 aromatic rings. The van der Waals surface area contributed by atoms with Crippen molar-refractivity contribution < 1.29 is 28.5 Å². The zero-order valence-corrected chi connectivity index (χ0v) is 16.4. The summed E-state index contributed by atoms with van der Waals surface area (Å²) in [6, 6.07) is 2.90. The fraction of sp³-hybridized carbons (Fsp3) is 0.350. The third kappa shape index (κ3) is 2.90. The molecular formula is C20H19F2N3O5. The van der Waals surface area contributed by atoms with Crippen molar-refractivity contribution in [2.75, 3.05) is 0 Å². The molecule has 3 N–H and O–H groups in total. The summed E-state index contributed by atoms with van der Waals surface area (Å²) in [7, 11) is 0. The second-order valence-electron chi connectivity index (χ2n) is 8.25. The highest BCUT2D eigenvalue weighted by Crippen LogP contribution is 2.50. The van der Waals surface area contributed by atoms with Gasteiger partial charge in [0.25, 0.3) is 5.56 Å². The van der Waals surface area contributed by atoms with Gasteiger partial charge in [-0.2, -0.15) is 8.78 Å². The van der Waals surface area contributed by atoms with E-state index >= 15 is 0 Å². The van der Waals surface area contributed by atoms with Crippen molar-refractivity contribution in [1.82, 2.24) is 14.4 Å². The predicted octanol–water partition coefficient (Wildman–Crippen LogP) is 3.38. The first-order valence-corrected chi connectivity index (χ1v) is 9.18. The monoisotopic (exact) mass is 419 g/mol. The predicted molar refractivity (Wildman–Crippen MR) is 102 cm³/mol. The average Bonchev–Trinajstić information content (AvgIpc) is 2.99. The second-order valence-corrected chi connectivity index (χ2v) is 8.25. The SMILES string of the molecule is CC(C)(C)C1Cc2c(nc3c(OC(F)F)cccn23)-c2[nH]c(=O)c(C(=O)O)c(O)c21. The number of nitrogens with one attached hydrogen (secondary N) is 1. The van der Waals surface area contributed by atoms with Gasteiger partial charge in [-0.15, -0.1) is 0 Å². The molecule has 0 radical (unpaired) electrons. The lowest BCUT2D eigenvalue weighted by Crippen LogP contribution is -2.29. The highest BCUT2D eigenvalue weighted by atomic mass is 19.3. The Kier molecular flexibility index (Phi) is 4.33. The van der Waals surface area contributed by atoms with Gasteiger partial charge in [-0.3, -0.25) is 4.79 Å². The number of hydrogen-bond acceptors (Lipinski definition) is 5. The van der Waals surface area contributed by atoms with Gasteiger partial charge in [0, 0.05) is 17.7 Å². The Bertz CT molecular complexity index is 1240. The number of carboxylic acids is 1. The van der Waals surface area contributed by atoms with Crippen LogP contribution in [-0.2, 0) is 6.42 Å². The van der Waals surface area contributed by atoms with Gasteiger partial charge in [0.15, 0.2) is 17.0 Å². The number of aromatic hydroxyl groups is 1. The normalized spacial score (nSPS) is 15.9. The van der Waals surface area contributed by atoms with Crippen molar-refractivity contribution in [3.8, 4) is 22.9 Å². The van der Waals surface area contributed by atoms with E-state index in [9.17, 15) is 28.6 Å². The number of rotatable bonds is 3. The van der Waals surface area contributed by atoms with Crippen LogP contribution in [0.5, 0.6) is 11.5 Å². The Labute approximate surface area is 168 Å². The number of imidazole rings is 1. The zero-order valence-electron chi connectivity index (χ0n) is 16.4. The van der Waals surface area contributed by atoms with E-state index in [4.69, 9.17) is 0 Å². The number of aromatic amines is 1. The van der Waals surface area contributed by atoms with Crippen molar-refractivity contribution in [3.63, 3.8) is 0 Å². The van der Waals surface area contributed by atoms with Gasteiger partial charge in [-0.1, -0.05) is 20.8 Å². The van der Waals surface area contributed by atoms with Crippen molar-refractivity contribution in [2.45, 2.75) is 39.7 Å². The van der Waals surface area contributed by atoms with Crippen LogP contribution in [0.4, 0.5) is 8.78 Å². The van der Waals surface area contributed by atoms with Crippen molar-refractivity contribution in [2.24, 2.45) is 5.41 Å². The number of fused-ring (bicyclic) bond motifs is 5. The molecule has 1 unspecified atom stereocenters. The van der Waals surface area contributed by atoms with Crippen molar-refractivity contribution in [1.29, 1.82) is 0 Å². The Morgan fingerprint density at radius 3 is 2.70 bits per heavy atom. The number of aromatic nitrogens is 3. The molecule has 0 fully saturated rings. The summed E-state index contributed by atoms with van der Waals surface area (Å²) in [4.78, 5) is 30.9. The van der Waals surface area contributed by atoms with E-state index in [-0.39, 0.29) is 34.3 Å². The first kappa shape index (κ1) is 19.9. The smallest absolute Gasteiger partial charge is 0.387 e. The maximum absolute atomic E-state index is 12.8. The first-order valence-electron chi connectivity index (χ1n) is 9.18. The molecular weight excluding hydrogens is 400 g/mol. The van der Waals surface area contributed by atoms with Crippen LogP contribution in [0.3, 0.4) is 0 Å². The fourth-order valence-electron chi connectivity index (χ4n) is 4.04. The van der Waals surface area contributed by atoms with Gasteiger partial charge in [0.2, 0.25) is 0 Å². The molecule has 30 heavy (non-hydrogen) atoms. The topological polar surface area (TPSA) is 117 Å². The molecule has 0 saturated carbocycles. The van der Waals surface area contributed by atoms with Gasteiger partial charge in [0.1, 0.15) is 11.4 Å². The van der Waals surface area contributed by atoms with Crippen LogP contribution in [-0.4, -0.2) is 37.2 Å². The number of ether oxygens (including phenoxy) is 1. The van der Waals surface area contributed by atoms with Gasteiger partial charge in [-0.25, -0.2) is 9.78 Å². The Hall–Kier alpha value is -3.43. The van der Waals surface area contributed by atoms with Gasteiger partial charge in [0.05, 0.1) is 11.4 Å². The number of H-pyrrole nitrogens is 1. The van der Waals surface area contributed by atoms with Crippen molar-refractivity contribution in [3.05, 3.63) is 45.5 Å². The van der Waals surface area contributed by atoms with Gasteiger partial charge >= 0.3 is 12.6 Å². The van der Waals surface area contributed by atoms with E-state index in [2.05, 4.69) is 14.7 Å². The molecule has 1 aliphatic carbocycles. The quantitative estimate of drug-likeness (QED) is 0.599. The first-order chi connectivity index (χ1) is 14.0. The third-order valence-corrected chi connectivity index (χ3v) is 5.40. The van der Waals surface area contributed by atoms with Crippen LogP contribution < -0.4 is 10.3 Å². The molecule has 3 aromatic heterocycles. The van der Waals surface area contributed by atoms with E-state index in [0.717, 1.165) is 0 Å². The van der Waals surface area contributed by atoms with Crippen molar-refractivity contribution >= 4 is 11.6 Å². The van der Waals surface area contributed by atoms with Crippen LogP contribution in [0.15, 0.2) is 23.1 Å². The number of carbonyl (C=O) groups is 1. The molecule has 0 amide bonds. The van der Waals surface area contributed by atoms with Crippen LogP contribution in [0.2, 0.25) is 0 Å². The maximum atomic E-state index is 12.8. The average molecular weight is 419 g/mol. The van der Waals surface area contributed by atoms with Crippen LogP contribution in [0.25, 0.3) is 17.0 Å². The number of alkyl halides is 2. The largest absolute Gasteiger partial charge is 0.506 e. The zero-order chi connectivity index (χ0) is 22.0. The molecule has 4 rings (SSSR count). The molecule has 1 atom stereocenters. The summed E-state index contributed by atoms with van der Waals surface area (Å²) in [6.45, 7) is 2.73. The fourth-order valence-corrected chi connectivity index (χ4v) is 4.04. The van der Waals surface area contributed by atoms with E-state index in [1.807, 2.05) is 20.8 Å². The summed E-state index contributed by atoms with van der Waals surface area (Å²) in [5.41, 5.74) is -0.653. The maximum Gasteiger partial charge on any atom is 0.387 e. The Morgan fingerprint density at radius 2 is 2.10 bits per heavy atom. The molecule has 0 spiro atoms. The lowest BCUT2D eigenvalue weighted by Gasteiger charge is -2.35. The summed E-state index contributed by atoms with van der Waals surface area (Å²) in [6.07, 6.45) is 1.98. The third-order valence-electron chi connectivity index (χ3n) is 5.40. The molecule has 0 bridgehead atoms. The Morgan fingerprint density at radius 1 is 1.40 bits per heavy atom. The minimum absolute atomic E-state index is 0.131. The van der Waals surface area contributed by atoms with Crippen LogP contribution >= 0.6 is 0 Å². The highest BCUT2D eigenvalue weighted by Gasteiger charge is 2.40. The molecule has 10 heteroatoms. The highest BCUT2D eigenvalue weighted by molar-refractivity contribution is 5.92. The molecule has 0 aliphatic heterocycles. The number of hydrogen-bond donors (Lipinski definition) is 3. The van der Waals surface area contributed by atoms with E-state index in [1.165, 1.54) is 6.07 Å². The lowest BCUT2D eigenvalue weighted by atomic mass is 9.70. The van der Waals surface area contributed by atoms with E-state index in [1.54, 1.807) is 16.7 Å². The lowest BCUT2D eigenvalue weighted by molar-refractivity contribution is -0.0491. The molecule has 8 nitrogen and oxygen atoms in total. The molecule has 158 valence electrons. The van der Waals surface area contributed by atoms with Crippen LogP contribution in [0, 0.1) is 5.41 Å². The minimum Gasteiger partial charge on any atom is -0.506 e. The van der Waals surface area contributed by atoms with Crippen LogP contribution in [0.1, 0.15) is 48.3 Å². The van der Waals surface area contributed by atoms with E-state index in [0.29, 0.717) is 12.1 Å². The van der Waals surface area contributed by atoms with E-state index < -0.39 is 34.9 Å². The standard InChI is InChI=1S/C20H19F2N3O5/c1-20(2,3)8-7-9-13(14-11(8)15(26)12(18(28)29)17(27)24-14)23-16-10(30-19(21)22)5-4-6-25(9)16/h4-6,8,19H,7H2,1-3H3,(H,28,29)(H2,24,26,27). The number of halogens is 2. The number of carboxylic acid groups (broad SMARTS) is 1.